The van der Waals surface area contributed by atoms with Gasteiger partial charge in [0.1, 0.15) is 0 Å². The zero-order valence-corrected chi connectivity index (χ0v) is 12.3. The Morgan fingerprint density at radius 1 is 1.32 bits per heavy atom. The minimum atomic E-state index is -0.310. The van der Waals surface area contributed by atoms with Gasteiger partial charge in [-0.1, -0.05) is 20.8 Å². The molecule has 0 aromatic heterocycles. The number of hydrogen-bond donors (Lipinski definition) is 1. The molecule has 2 unspecified atom stereocenters. The number of methoxy groups -OCH3 is 1. The molecule has 0 saturated heterocycles. The van der Waals surface area contributed by atoms with Crippen LogP contribution in [0.2, 0.25) is 0 Å². The summed E-state index contributed by atoms with van der Waals surface area (Å²) in [7, 11) is 1.48. The molecule has 2 nitrogen and oxygen atoms in total. The average molecular weight is 265 g/mol. The second-order valence-electron chi connectivity index (χ2n) is 6.60. The molecule has 2 rings (SSSR count). The maximum Gasteiger partial charge on any atom is 0.167 e. The van der Waals surface area contributed by atoms with Gasteiger partial charge < -0.3 is 10.1 Å². The van der Waals surface area contributed by atoms with Crippen molar-refractivity contribution in [2.45, 2.75) is 46.1 Å². The fourth-order valence-electron chi connectivity index (χ4n) is 3.45. The highest BCUT2D eigenvalue weighted by Crippen LogP contribution is 2.39. The van der Waals surface area contributed by atoms with Gasteiger partial charge in [0, 0.05) is 17.8 Å². The van der Waals surface area contributed by atoms with Gasteiger partial charge in [0.05, 0.1) is 7.11 Å². The van der Waals surface area contributed by atoms with Crippen molar-refractivity contribution in [3.05, 3.63) is 24.0 Å². The van der Waals surface area contributed by atoms with Crippen molar-refractivity contribution in [3.8, 4) is 5.75 Å². The van der Waals surface area contributed by atoms with E-state index in [9.17, 15) is 4.39 Å². The first-order chi connectivity index (χ1) is 8.89. The SMILES string of the molecule is COc1ccc(NC2CC(C)CC(C)(C)C2)cc1F. The Balaban J connectivity index is 2.06. The van der Waals surface area contributed by atoms with Crippen LogP contribution in [0.25, 0.3) is 0 Å². The van der Waals surface area contributed by atoms with Crippen molar-refractivity contribution in [3.63, 3.8) is 0 Å². The highest BCUT2D eigenvalue weighted by Gasteiger charge is 2.31. The summed E-state index contributed by atoms with van der Waals surface area (Å²) in [5.41, 5.74) is 1.20. The molecule has 1 N–H and O–H groups in total. The van der Waals surface area contributed by atoms with Gasteiger partial charge in [0.2, 0.25) is 0 Å². The second kappa shape index (κ2) is 5.40. The normalized spacial score (nSPS) is 25.9. The third kappa shape index (κ3) is 3.62. The van der Waals surface area contributed by atoms with E-state index in [1.807, 2.05) is 6.07 Å². The summed E-state index contributed by atoms with van der Waals surface area (Å²) in [5, 5.41) is 3.46. The van der Waals surface area contributed by atoms with Gasteiger partial charge in [-0.15, -0.1) is 0 Å². The number of hydrogen-bond acceptors (Lipinski definition) is 2. The minimum Gasteiger partial charge on any atom is -0.494 e. The highest BCUT2D eigenvalue weighted by molar-refractivity contribution is 5.48. The van der Waals surface area contributed by atoms with Crippen molar-refractivity contribution < 1.29 is 9.13 Å². The molecule has 1 aliphatic rings. The zero-order chi connectivity index (χ0) is 14.0. The molecule has 0 aliphatic heterocycles. The quantitative estimate of drug-likeness (QED) is 0.871. The van der Waals surface area contributed by atoms with Gasteiger partial charge in [-0.05, 0) is 42.7 Å². The first-order valence-corrected chi connectivity index (χ1v) is 7.00. The highest BCUT2D eigenvalue weighted by atomic mass is 19.1. The van der Waals surface area contributed by atoms with Crippen LogP contribution in [-0.4, -0.2) is 13.2 Å². The van der Waals surface area contributed by atoms with Crippen LogP contribution in [0.4, 0.5) is 10.1 Å². The number of benzene rings is 1. The van der Waals surface area contributed by atoms with E-state index in [1.54, 1.807) is 6.07 Å². The molecule has 0 spiro atoms. The van der Waals surface area contributed by atoms with E-state index in [1.165, 1.54) is 19.6 Å². The van der Waals surface area contributed by atoms with Crippen LogP contribution in [0, 0.1) is 17.2 Å². The maximum atomic E-state index is 13.7. The fraction of sp³-hybridized carbons (Fsp3) is 0.625. The standard InChI is InChI=1S/C16H24FNO/c1-11-7-13(10-16(2,3)9-11)18-12-5-6-15(19-4)14(17)8-12/h5-6,8,11,13,18H,7,9-10H2,1-4H3. The molecule has 0 radical (unpaired) electrons. The summed E-state index contributed by atoms with van der Waals surface area (Å²) in [6.07, 6.45) is 3.55. The lowest BCUT2D eigenvalue weighted by atomic mass is 9.70. The molecule has 1 aliphatic carbocycles. The number of ether oxygens (including phenoxy) is 1. The first kappa shape index (κ1) is 14.2. The molecule has 106 valence electrons. The van der Waals surface area contributed by atoms with E-state index in [4.69, 9.17) is 4.74 Å². The molecule has 0 amide bonds. The van der Waals surface area contributed by atoms with Crippen LogP contribution in [0.1, 0.15) is 40.0 Å². The fourth-order valence-corrected chi connectivity index (χ4v) is 3.45. The lowest BCUT2D eigenvalue weighted by Gasteiger charge is -2.39. The van der Waals surface area contributed by atoms with E-state index in [-0.39, 0.29) is 5.82 Å². The summed E-state index contributed by atoms with van der Waals surface area (Å²) in [6.45, 7) is 6.92. The monoisotopic (exact) mass is 265 g/mol. The summed E-state index contributed by atoms with van der Waals surface area (Å²) in [6, 6.07) is 5.50. The zero-order valence-electron chi connectivity index (χ0n) is 12.3. The molecule has 1 aromatic carbocycles. The Kier molecular flexibility index (Phi) is 4.02. The van der Waals surface area contributed by atoms with Crippen molar-refractivity contribution in [2.24, 2.45) is 11.3 Å². The molecule has 1 aromatic rings. The minimum absolute atomic E-state index is 0.294. The molecular formula is C16H24FNO. The molecule has 0 bridgehead atoms. The lowest BCUT2D eigenvalue weighted by molar-refractivity contribution is 0.178. The van der Waals surface area contributed by atoms with Gasteiger partial charge in [0.25, 0.3) is 0 Å². The largest absolute Gasteiger partial charge is 0.494 e. The number of nitrogens with one attached hydrogen (secondary N) is 1. The van der Waals surface area contributed by atoms with Gasteiger partial charge in [0.15, 0.2) is 11.6 Å². The number of halogens is 1. The summed E-state index contributed by atoms with van der Waals surface area (Å²) >= 11 is 0. The van der Waals surface area contributed by atoms with E-state index in [2.05, 4.69) is 26.1 Å². The van der Waals surface area contributed by atoms with Crippen LogP contribution in [0.3, 0.4) is 0 Å². The van der Waals surface area contributed by atoms with Crippen molar-refractivity contribution in [2.75, 3.05) is 12.4 Å². The van der Waals surface area contributed by atoms with Crippen molar-refractivity contribution in [1.29, 1.82) is 0 Å². The van der Waals surface area contributed by atoms with Gasteiger partial charge in [-0.25, -0.2) is 4.39 Å². The maximum absolute atomic E-state index is 13.7. The Morgan fingerprint density at radius 2 is 2.05 bits per heavy atom. The summed E-state index contributed by atoms with van der Waals surface area (Å²) < 4.78 is 18.6. The van der Waals surface area contributed by atoms with Gasteiger partial charge in [-0.2, -0.15) is 0 Å². The van der Waals surface area contributed by atoms with Crippen LogP contribution < -0.4 is 10.1 Å². The third-order valence-electron chi connectivity index (χ3n) is 3.91. The van der Waals surface area contributed by atoms with E-state index < -0.39 is 0 Å². The van der Waals surface area contributed by atoms with Crippen LogP contribution in [0.5, 0.6) is 5.75 Å². The summed E-state index contributed by atoms with van der Waals surface area (Å²) in [4.78, 5) is 0. The average Bonchev–Trinajstić information content (AvgIpc) is 2.26. The molecular weight excluding hydrogens is 241 g/mol. The van der Waals surface area contributed by atoms with E-state index in [0.29, 0.717) is 23.1 Å². The molecule has 3 heteroatoms. The van der Waals surface area contributed by atoms with Crippen molar-refractivity contribution in [1.82, 2.24) is 0 Å². The van der Waals surface area contributed by atoms with Gasteiger partial charge in [-0.3, -0.25) is 0 Å². The van der Waals surface area contributed by atoms with E-state index in [0.717, 1.165) is 18.5 Å². The van der Waals surface area contributed by atoms with Crippen LogP contribution in [-0.2, 0) is 0 Å². The lowest BCUT2D eigenvalue weighted by Crippen LogP contribution is -2.35. The Bertz CT molecular complexity index is 444. The predicted octanol–water partition coefficient (Wildman–Crippen LogP) is 4.46. The number of rotatable bonds is 3. The smallest absolute Gasteiger partial charge is 0.167 e. The van der Waals surface area contributed by atoms with Gasteiger partial charge >= 0.3 is 0 Å². The predicted molar refractivity (Wildman–Crippen MR) is 77.2 cm³/mol. The molecule has 1 fully saturated rings. The topological polar surface area (TPSA) is 21.3 Å². The Morgan fingerprint density at radius 3 is 2.63 bits per heavy atom. The second-order valence-corrected chi connectivity index (χ2v) is 6.60. The third-order valence-corrected chi connectivity index (χ3v) is 3.91. The summed E-state index contributed by atoms with van der Waals surface area (Å²) in [5.74, 6) is 0.697. The van der Waals surface area contributed by atoms with Crippen molar-refractivity contribution >= 4 is 5.69 Å². The Labute approximate surface area is 115 Å². The van der Waals surface area contributed by atoms with E-state index >= 15 is 0 Å². The number of anilines is 1. The molecule has 1 saturated carbocycles. The first-order valence-electron chi connectivity index (χ1n) is 7.00. The molecule has 0 heterocycles. The van der Waals surface area contributed by atoms with Crippen LogP contribution >= 0.6 is 0 Å². The molecule has 19 heavy (non-hydrogen) atoms. The van der Waals surface area contributed by atoms with Crippen LogP contribution in [0.15, 0.2) is 18.2 Å². The molecule has 2 atom stereocenters. The Hall–Kier alpha value is -1.25.